The molecule has 9 heteroatoms. The number of hydrogen-bond donors (Lipinski definition) is 5. The van der Waals surface area contributed by atoms with Crippen molar-refractivity contribution in [2.24, 2.45) is 16.6 Å². The van der Waals surface area contributed by atoms with Crippen molar-refractivity contribution in [2.45, 2.75) is 68.2 Å². The number of phenolic OH excluding ortho intramolecular Hbond substituents is 1. The standard InChI is InChI=1S/C36H38ClN5O3/c37-24-7-3-21(4-8-24)18-40-34(38)39-13-11-20-5-9-27-25(15-20)26-17-36(44)29-16-23-6-10-28(43)32-30(23)35(36,33(45-32)31(26)41-27)12-14-42(29)19-22-1-2-22/h3-10,15,22,29,33,41,43-44H,1-2,11-14,16-19H2,(H3,38,39,40)/t29-,33-,35-,36+/m0/s1. The van der Waals surface area contributed by atoms with Crippen LogP contribution in [0.1, 0.15) is 58.9 Å². The Balaban J connectivity index is 1.03. The molecule has 45 heavy (non-hydrogen) atoms. The van der Waals surface area contributed by atoms with E-state index in [4.69, 9.17) is 22.1 Å². The van der Waals surface area contributed by atoms with Crippen LogP contribution >= 0.6 is 11.6 Å². The zero-order valence-electron chi connectivity index (χ0n) is 25.2. The summed E-state index contributed by atoms with van der Waals surface area (Å²) in [6.07, 6.45) is 5.14. The molecule has 0 unspecified atom stereocenters. The van der Waals surface area contributed by atoms with E-state index in [1.54, 1.807) is 6.07 Å². The van der Waals surface area contributed by atoms with Gasteiger partial charge in [-0.1, -0.05) is 35.9 Å². The molecule has 1 saturated heterocycles. The third kappa shape index (κ3) is 4.08. The van der Waals surface area contributed by atoms with Gasteiger partial charge in [-0.25, -0.2) is 4.99 Å². The summed E-state index contributed by atoms with van der Waals surface area (Å²) >= 11 is 5.98. The molecular weight excluding hydrogens is 586 g/mol. The molecule has 4 aromatic rings. The number of aromatic amines is 1. The summed E-state index contributed by atoms with van der Waals surface area (Å²) < 4.78 is 6.74. The van der Waals surface area contributed by atoms with Crippen molar-refractivity contribution in [3.63, 3.8) is 0 Å². The summed E-state index contributed by atoms with van der Waals surface area (Å²) in [7, 11) is 0. The molecule has 1 spiro atoms. The van der Waals surface area contributed by atoms with Gasteiger partial charge in [0.05, 0.1) is 23.3 Å². The molecule has 0 radical (unpaired) electrons. The van der Waals surface area contributed by atoms with Crippen LogP contribution in [0.25, 0.3) is 10.9 Å². The zero-order chi connectivity index (χ0) is 30.5. The number of likely N-dealkylation sites (tertiary alicyclic amines) is 1. The van der Waals surface area contributed by atoms with Crippen LogP contribution < -0.4 is 15.8 Å². The van der Waals surface area contributed by atoms with Crippen molar-refractivity contribution in [1.82, 2.24) is 15.2 Å². The number of benzene rings is 3. The van der Waals surface area contributed by atoms with Gasteiger partial charge in [0, 0.05) is 47.0 Å². The first-order chi connectivity index (χ1) is 21.8. The number of aromatic nitrogens is 1. The molecule has 5 aliphatic rings. The second-order valence-corrected chi connectivity index (χ2v) is 14.3. The lowest BCUT2D eigenvalue weighted by Crippen LogP contribution is -2.74. The second kappa shape index (κ2) is 9.89. The number of aromatic hydroxyl groups is 1. The van der Waals surface area contributed by atoms with Gasteiger partial charge < -0.3 is 31.0 Å². The van der Waals surface area contributed by atoms with Crippen LogP contribution in [0.3, 0.4) is 0 Å². The Labute approximate surface area is 267 Å². The predicted molar refractivity (Wildman–Crippen MR) is 175 cm³/mol. The summed E-state index contributed by atoms with van der Waals surface area (Å²) in [5.74, 6) is 1.90. The van der Waals surface area contributed by atoms with Gasteiger partial charge in [-0.2, -0.15) is 0 Å². The van der Waals surface area contributed by atoms with E-state index >= 15 is 0 Å². The topological polar surface area (TPSA) is 119 Å². The highest BCUT2D eigenvalue weighted by Gasteiger charge is 2.72. The lowest BCUT2D eigenvalue weighted by atomic mass is 9.49. The van der Waals surface area contributed by atoms with E-state index in [0.717, 1.165) is 71.6 Å². The minimum Gasteiger partial charge on any atom is -0.504 e. The molecule has 3 aromatic carbocycles. The van der Waals surface area contributed by atoms with Gasteiger partial charge in [-0.05, 0) is 97.2 Å². The fourth-order valence-electron chi connectivity index (χ4n) is 8.98. The van der Waals surface area contributed by atoms with E-state index in [1.165, 1.54) is 24.0 Å². The first kappa shape index (κ1) is 27.6. The van der Waals surface area contributed by atoms with Gasteiger partial charge in [0.15, 0.2) is 23.6 Å². The number of guanidine groups is 1. The first-order valence-corrected chi connectivity index (χ1v) is 16.6. The van der Waals surface area contributed by atoms with Gasteiger partial charge in [-0.3, -0.25) is 4.90 Å². The smallest absolute Gasteiger partial charge is 0.188 e. The minimum atomic E-state index is -0.995. The molecule has 2 fully saturated rings. The summed E-state index contributed by atoms with van der Waals surface area (Å²) in [5.41, 5.74) is 12.3. The number of aliphatic imine (C=N–C) groups is 1. The molecule has 232 valence electrons. The van der Waals surface area contributed by atoms with Crippen LogP contribution in [0.4, 0.5) is 0 Å². The molecule has 8 nitrogen and oxygen atoms in total. The van der Waals surface area contributed by atoms with Crippen molar-refractivity contribution < 1.29 is 14.9 Å². The number of halogens is 1. The van der Waals surface area contributed by atoms with E-state index in [1.807, 2.05) is 24.3 Å². The average Bonchev–Trinajstić information content (AvgIpc) is 3.68. The number of piperidine rings is 1. The molecular formula is C36H38ClN5O3. The SMILES string of the molecule is NC(=NCc1ccc(Cl)cc1)NCCc1ccc2[nH]c3c(c2c1)C[C@@]1(O)[C@@H]2Cc4ccc(O)c5c4[C@@]1(CCN2CC1CC1)[C@H]3O5. The van der Waals surface area contributed by atoms with Gasteiger partial charge in [0.25, 0.3) is 0 Å². The molecule has 2 aliphatic heterocycles. The predicted octanol–water partition coefficient (Wildman–Crippen LogP) is 4.87. The lowest BCUT2D eigenvalue weighted by molar-refractivity contribution is -0.173. The molecule has 0 amide bonds. The van der Waals surface area contributed by atoms with E-state index in [9.17, 15) is 10.2 Å². The Kier molecular flexibility index (Phi) is 6.06. The minimum absolute atomic E-state index is 0.0153. The highest BCUT2D eigenvalue weighted by atomic mass is 35.5. The molecule has 6 N–H and O–H groups in total. The highest BCUT2D eigenvalue weighted by Crippen LogP contribution is 2.69. The molecule has 1 saturated carbocycles. The first-order valence-electron chi connectivity index (χ1n) is 16.2. The summed E-state index contributed by atoms with van der Waals surface area (Å²) in [6, 6.07) is 18.0. The van der Waals surface area contributed by atoms with Crippen LogP contribution in [0, 0.1) is 5.92 Å². The Bertz CT molecular complexity index is 1870. The quantitative estimate of drug-likeness (QED) is 0.148. The van der Waals surface area contributed by atoms with E-state index in [0.29, 0.717) is 36.2 Å². The number of nitrogens with one attached hydrogen (secondary N) is 2. The number of rotatable bonds is 7. The van der Waals surface area contributed by atoms with Crippen LogP contribution in [-0.2, 0) is 31.2 Å². The van der Waals surface area contributed by atoms with Crippen molar-refractivity contribution in [3.05, 3.63) is 93.1 Å². The van der Waals surface area contributed by atoms with Gasteiger partial charge in [-0.15, -0.1) is 0 Å². The van der Waals surface area contributed by atoms with Crippen LogP contribution in [0.5, 0.6) is 11.5 Å². The Morgan fingerprint density at radius 2 is 1.96 bits per heavy atom. The number of phenols is 1. The van der Waals surface area contributed by atoms with E-state index in [-0.39, 0.29) is 17.9 Å². The Morgan fingerprint density at radius 3 is 2.78 bits per heavy atom. The zero-order valence-corrected chi connectivity index (χ0v) is 25.9. The van der Waals surface area contributed by atoms with Gasteiger partial charge >= 0.3 is 0 Å². The lowest BCUT2D eigenvalue weighted by Gasteiger charge is -2.62. The number of ether oxygens (including phenoxy) is 1. The Hall–Kier alpha value is -3.72. The third-order valence-corrected chi connectivity index (χ3v) is 11.5. The average molecular weight is 624 g/mol. The Morgan fingerprint density at radius 1 is 1.13 bits per heavy atom. The molecule has 9 rings (SSSR count). The number of aliphatic hydroxyl groups is 1. The largest absolute Gasteiger partial charge is 0.504 e. The number of nitrogens with two attached hydrogens (primary N) is 1. The van der Waals surface area contributed by atoms with Gasteiger partial charge in [0.2, 0.25) is 0 Å². The number of nitrogens with zero attached hydrogens (tertiary/aromatic N) is 2. The number of fused-ring (bicyclic) bond motifs is 4. The van der Waals surface area contributed by atoms with Crippen molar-refractivity contribution in [1.29, 1.82) is 0 Å². The maximum atomic E-state index is 13.1. The maximum Gasteiger partial charge on any atom is 0.188 e. The normalized spacial score (nSPS) is 28.1. The molecule has 4 atom stereocenters. The fourth-order valence-corrected chi connectivity index (χ4v) is 9.11. The van der Waals surface area contributed by atoms with E-state index < -0.39 is 11.0 Å². The van der Waals surface area contributed by atoms with Crippen LogP contribution in [0.15, 0.2) is 59.6 Å². The molecule has 1 aromatic heterocycles. The highest BCUT2D eigenvalue weighted by molar-refractivity contribution is 6.30. The summed E-state index contributed by atoms with van der Waals surface area (Å²) in [5, 5.41) is 29.1. The number of hydrogen-bond acceptors (Lipinski definition) is 5. The molecule has 3 heterocycles. The monoisotopic (exact) mass is 623 g/mol. The molecule has 3 aliphatic carbocycles. The number of H-pyrrole nitrogens is 1. The van der Waals surface area contributed by atoms with E-state index in [2.05, 4.69) is 44.5 Å². The van der Waals surface area contributed by atoms with Crippen LogP contribution in [-0.4, -0.2) is 57.3 Å². The molecule has 2 bridgehead atoms. The fraction of sp³-hybridized carbons (Fsp3) is 0.417. The van der Waals surface area contributed by atoms with Crippen molar-refractivity contribution >= 4 is 28.5 Å². The van der Waals surface area contributed by atoms with Crippen molar-refractivity contribution in [3.8, 4) is 11.5 Å². The summed E-state index contributed by atoms with van der Waals surface area (Å²) in [4.78, 5) is 10.8. The van der Waals surface area contributed by atoms with Gasteiger partial charge in [0.1, 0.15) is 0 Å². The second-order valence-electron chi connectivity index (χ2n) is 13.8. The van der Waals surface area contributed by atoms with Crippen molar-refractivity contribution in [2.75, 3.05) is 19.6 Å². The summed E-state index contributed by atoms with van der Waals surface area (Å²) in [6.45, 7) is 3.14. The maximum absolute atomic E-state index is 13.1. The van der Waals surface area contributed by atoms with Crippen LogP contribution in [0.2, 0.25) is 5.02 Å². The third-order valence-electron chi connectivity index (χ3n) is 11.3.